The molecule has 0 atom stereocenters. The molecule has 4 heteroatoms. The lowest BCUT2D eigenvalue weighted by molar-refractivity contribution is -0.898. The SMILES string of the molecule is C=CC[NH+]1CCN(C(=O)COc2ccccc2C(C)C)CC1. The van der Waals surface area contributed by atoms with E-state index in [1.54, 1.807) is 0 Å². The second-order valence-electron chi connectivity index (χ2n) is 6.10. The molecule has 0 aromatic heterocycles. The van der Waals surface area contributed by atoms with E-state index in [2.05, 4.69) is 26.5 Å². The Morgan fingerprint density at radius 2 is 2.05 bits per heavy atom. The predicted octanol–water partition coefficient (Wildman–Crippen LogP) is 1.10. The molecule has 1 N–H and O–H groups in total. The maximum Gasteiger partial charge on any atom is 0.260 e. The highest BCUT2D eigenvalue weighted by atomic mass is 16.5. The predicted molar refractivity (Wildman–Crippen MR) is 88.4 cm³/mol. The van der Waals surface area contributed by atoms with Crippen LogP contribution in [0.4, 0.5) is 0 Å². The second-order valence-corrected chi connectivity index (χ2v) is 6.10. The van der Waals surface area contributed by atoms with Crippen molar-refractivity contribution in [1.82, 2.24) is 4.90 Å². The average Bonchev–Trinajstić information content (AvgIpc) is 2.54. The molecule has 1 amide bonds. The summed E-state index contributed by atoms with van der Waals surface area (Å²) in [5.41, 5.74) is 1.15. The van der Waals surface area contributed by atoms with Gasteiger partial charge in [0.15, 0.2) is 6.61 Å². The average molecular weight is 303 g/mol. The van der Waals surface area contributed by atoms with Crippen molar-refractivity contribution in [3.8, 4) is 5.75 Å². The summed E-state index contributed by atoms with van der Waals surface area (Å²) in [5.74, 6) is 1.29. The number of benzene rings is 1. The van der Waals surface area contributed by atoms with Crippen molar-refractivity contribution >= 4 is 5.91 Å². The van der Waals surface area contributed by atoms with Gasteiger partial charge in [-0.25, -0.2) is 0 Å². The molecular formula is C18H27N2O2+. The van der Waals surface area contributed by atoms with Gasteiger partial charge in [-0.1, -0.05) is 38.6 Å². The first kappa shape index (κ1) is 16.6. The number of hydrogen-bond acceptors (Lipinski definition) is 2. The minimum atomic E-state index is 0.0798. The zero-order valence-electron chi connectivity index (χ0n) is 13.7. The van der Waals surface area contributed by atoms with E-state index in [1.807, 2.05) is 29.2 Å². The number of nitrogens with one attached hydrogen (secondary N) is 1. The van der Waals surface area contributed by atoms with Crippen molar-refractivity contribution in [2.45, 2.75) is 19.8 Å². The normalized spacial score (nSPS) is 15.9. The zero-order valence-corrected chi connectivity index (χ0v) is 13.7. The monoisotopic (exact) mass is 303 g/mol. The summed E-state index contributed by atoms with van der Waals surface area (Å²) in [6, 6.07) is 7.95. The summed E-state index contributed by atoms with van der Waals surface area (Å²) < 4.78 is 5.77. The number of rotatable bonds is 6. The summed E-state index contributed by atoms with van der Waals surface area (Å²) >= 11 is 0. The van der Waals surface area contributed by atoms with Crippen LogP contribution in [-0.2, 0) is 4.79 Å². The smallest absolute Gasteiger partial charge is 0.260 e. The van der Waals surface area contributed by atoms with Crippen molar-refractivity contribution in [1.29, 1.82) is 0 Å². The fourth-order valence-electron chi connectivity index (χ4n) is 2.80. The number of piperazine rings is 1. The van der Waals surface area contributed by atoms with Crippen molar-refractivity contribution < 1.29 is 14.4 Å². The summed E-state index contributed by atoms with van der Waals surface area (Å²) in [6.07, 6.45) is 1.94. The van der Waals surface area contributed by atoms with E-state index in [0.29, 0.717) is 5.92 Å². The summed E-state index contributed by atoms with van der Waals surface area (Å²) in [6.45, 7) is 12.7. The first-order valence-electron chi connectivity index (χ1n) is 8.05. The molecule has 0 bridgehead atoms. The van der Waals surface area contributed by atoms with Crippen molar-refractivity contribution in [3.63, 3.8) is 0 Å². The van der Waals surface area contributed by atoms with Crippen molar-refractivity contribution in [3.05, 3.63) is 42.5 Å². The Labute approximate surface area is 133 Å². The largest absolute Gasteiger partial charge is 0.483 e. The highest BCUT2D eigenvalue weighted by molar-refractivity contribution is 5.77. The summed E-state index contributed by atoms with van der Waals surface area (Å²) in [4.78, 5) is 15.7. The van der Waals surface area contributed by atoms with Gasteiger partial charge in [0.1, 0.15) is 5.75 Å². The maximum atomic E-state index is 12.3. The van der Waals surface area contributed by atoms with Gasteiger partial charge in [0.05, 0.1) is 32.7 Å². The minimum absolute atomic E-state index is 0.0798. The van der Waals surface area contributed by atoms with Gasteiger partial charge in [0, 0.05) is 0 Å². The topological polar surface area (TPSA) is 34.0 Å². The van der Waals surface area contributed by atoms with Crippen LogP contribution in [0.25, 0.3) is 0 Å². The number of ether oxygens (including phenoxy) is 1. The molecule has 1 aliphatic rings. The Hall–Kier alpha value is -1.81. The molecule has 0 spiro atoms. The van der Waals surface area contributed by atoms with Crippen LogP contribution in [0.5, 0.6) is 5.75 Å². The van der Waals surface area contributed by atoms with Gasteiger partial charge in [-0.15, -0.1) is 0 Å². The van der Waals surface area contributed by atoms with E-state index in [9.17, 15) is 4.79 Å². The number of nitrogens with zero attached hydrogens (tertiary/aromatic N) is 1. The molecule has 1 aliphatic heterocycles. The molecule has 0 unspecified atom stereocenters. The number of quaternary nitrogens is 1. The van der Waals surface area contributed by atoms with Crippen LogP contribution in [0.2, 0.25) is 0 Å². The molecule has 1 aromatic carbocycles. The van der Waals surface area contributed by atoms with Crippen molar-refractivity contribution in [2.75, 3.05) is 39.3 Å². The highest BCUT2D eigenvalue weighted by Gasteiger charge is 2.23. The summed E-state index contributed by atoms with van der Waals surface area (Å²) in [7, 11) is 0. The number of hydrogen-bond donors (Lipinski definition) is 1. The van der Waals surface area contributed by atoms with E-state index in [1.165, 1.54) is 4.90 Å². The Kier molecular flexibility index (Phi) is 6.01. The Bertz CT molecular complexity index is 506. The first-order valence-corrected chi connectivity index (χ1v) is 8.05. The lowest BCUT2D eigenvalue weighted by Crippen LogP contribution is -3.14. The van der Waals surface area contributed by atoms with Crippen LogP contribution in [0, 0.1) is 0 Å². The fraction of sp³-hybridized carbons (Fsp3) is 0.500. The quantitative estimate of drug-likeness (QED) is 0.799. The lowest BCUT2D eigenvalue weighted by atomic mass is 10.0. The second kappa shape index (κ2) is 7.99. The molecule has 120 valence electrons. The van der Waals surface area contributed by atoms with Crippen LogP contribution in [-0.4, -0.2) is 50.1 Å². The molecule has 1 saturated heterocycles. The Morgan fingerprint density at radius 1 is 1.36 bits per heavy atom. The lowest BCUT2D eigenvalue weighted by Gasteiger charge is -2.31. The number of para-hydroxylation sites is 1. The third-order valence-electron chi connectivity index (χ3n) is 4.15. The van der Waals surface area contributed by atoms with Crippen LogP contribution < -0.4 is 9.64 Å². The molecule has 22 heavy (non-hydrogen) atoms. The standard InChI is InChI=1S/C18H26N2O2/c1-4-9-19-10-12-20(13-11-19)18(21)14-22-17-8-6-5-7-16(17)15(2)3/h4-8,15H,1,9-14H2,2-3H3/p+1. The van der Waals surface area contributed by atoms with Crippen molar-refractivity contribution in [2.24, 2.45) is 0 Å². The van der Waals surface area contributed by atoms with Gasteiger partial charge in [-0.3, -0.25) is 4.79 Å². The van der Waals surface area contributed by atoms with E-state index < -0.39 is 0 Å². The number of carbonyl (C=O) groups excluding carboxylic acids is 1. The van der Waals surface area contributed by atoms with E-state index in [4.69, 9.17) is 4.74 Å². The summed E-state index contributed by atoms with van der Waals surface area (Å²) in [5, 5.41) is 0. The van der Waals surface area contributed by atoms with E-state index in [0.717, 1.165) is 44.0 Å². The van der Waals surface area contributed by atoms with E-state index >= 15 is 0 Å². The number of amides is 1. The third-order valence-corrected chi connectivity index (χ3v) is 4.15. The van der Waals surface area contributed by atoms with Gasteiger partial charge in [0.2, 0.25) is 0 Å². The van der Waals surface area contributed by atoms with Crippen LogP contribution >= 0.6 is 0 Å². The zero-order chi connectivity index (χ0) is 15.9. The first-order chi connectivity index (χ1) is 10.6. The molecule has 2 rings (SSSR count). The van der Waals surface area contributed by atoms with Gasteiger partial charge in [-0.05, 0) is 23.6 Å². The maximum absolute atomic E-state index is 12.3. The highest BCUT2D eigenvalue weighted by Crippen LogP contribution is 2.25. The molecule has 0 aliphatic carbocycles. The molecule has 4 nitrogen and oxygen atoms in total. The molecule has 0 saturated carbocycles. The van der Waals surface area contributed by atoms with Crippen LogP contribution in [0.3, 0.4) is 0 Å². The van der Waals surface area contributed by atoms with E-state index in [-0.39, 0.29) is 12.5 Å². The Balaban J connectivity index is 1.85. The molecule has 0 radical (unpaired) electrons. The van der Waals surface area contributed by atoms with Crippen LogP contribution in [0.15, 0.2) is 36.9 Å². The molecular weight excluding hydrogens is 276 g/mol. The van der Waals surface area contributed by atoms with Gasteiger partial charge in [0.25, 0.3) is 5.91 Å². The minimum Gasteiger partial charge on any atom is -0.483 e. The molecule has 1 heterocycles. The van der Waals surface area contributed by atoms with Gasteiger partial charge in [-0.2, -0.15) is 0 Å². The third kappa shape index (κ3) is 4.34. The van der Waals surface area contributed by atoms with Gasteiger partial charge < -0.3 is 14.5 Å². The molecule has 1 fully saturated rings. The fourth-order valence-corrected chi connectivity index (χ4v) is 2.80. The molecule has 1 aromatic rings. The Morgan fingerprint density at radius 3 is 2.68 bits per heavy atom. The van der Waals surface area contributed by atoms with Crippen LogP contribution in [0.1, 0.15) is 25.3 Å². The number of carbonyl (C=O) groups is 1. The van der Waals surface area contributed by atoms with Gasteiger partial charge >= 0.3 is 0 Å².